The molecule has 0 saturated carbocycles. The van der Waals surface area contributed by atoms with Crippen molar-refractivity contribution in [1.82, 2.24) is 19.8 Å². The van der Waals surface area contributed by atoms with E-state index in [0.29, 0.717) is 6.61 Å². The van der Waals surface area contributed by atoms with E-state index in [0.717, 1.165) is 27.1 Å². The lowest BCUT2D eigenvalue weighted by atomic mass is 10.4. The van der Waals surface area contributed by atoms with Crippen LogP contribution in [0.4, 0.5) is 0 Å². The molecule has 0 bridgehead atoms. The van der Waals surface area contributed by atoms with Gasteiger partial charge in [0.2, 0.25) is 4.96 Å². The number of aromatic nitrogens is 4. The fourth-order valence-electron chi connectivity index (χ4n) is 1.51. The van der Waals surface area contributed by atoms with Crippen LogP contribution in [0.3, 0.4) is 0 Å². The Morgan fingerprint density at radius 3 is 3.12 bits per heavy atom. The SMILES string of the molecule is COCCc1nnc2sc(-c3cccs3)nn12. The first kappa shape index (κ1) is 10.8. The Balaban J connectivity index is 1.99. The molecule has 0 atom stereocenters. The molecule has 0 aliphatic heterocycles. The van der Waals surface area contributed by atoms with Crippen molar-refractivity contribution in [2.75, 3.05) is 13.7 Å². The highest BCUT2D eigenvalue weighted by molar-refractivity contribution is 7.23. The quantitative estimate of drug-likeness (QED) is 0.725. The minimum absolute atomic E-state index is 0.632. The fourth-order valence-corrected chi connectivity index (χ4v) is 3.16. The highest BCUT2D eigenvalue weighted by Gasteiger charge is 2.12. The van der Waals surface area contributed by atoms with Gasteiger partial charge in [-0.25, -0.2) is 0 Å². The number of methoxy groups -OCH3 is 1. The molecule has 17 heavy (non-hydrogen) atoms. The Kier molecular flexibility index (Phi) is 2.87. The number of rotatable bonds is 4. The first-order valence-corrected chi connectivity index (χ1v) is 6.82. The molecule has 3 heterocycles. The zero-order valence-electron chi connectivity index (χ0n) is 9.16. The topological polar surface area (TPSA) is 52.3 Å². The third kappa shape index (κ3) is 1.97. The molecule has 3 aromatic heterocycles. The van der Waals surface area contributed by atoms with Crippen LogP contribution in [-0.4, -0.2) is 33.5 Å². The van der Waals surface area contributed by atoms with Crippen molar-refractivity contribution in [3.8, 4) is 9.88 Å². The summed E-state index contributed by atoms with van der Waals surface area (Å²) in [6, 6.07) is 4.08. The van der Waals surface area contributed by atoms with Gasteiger partial charge in [0, 0.05) is 13.5 Å². The highest BCUT2D eigenvalue weighted by Crippen LogP contribution is 2.28. The minimum atomic E-state index is 0.632. The van der Waals surface area contributed by atoms with Gasteiger partial charge in [0.25, 0.3) is 0 Å². The number of thiophene rings is 1. The molecule has 0 saturated heterocycles. The van der Waals surface area contributed by atoms with Crippen molar-refractivity contribution in [1.29, 1.82) is 0 Å². The van der Waals surface area contributed by atoms with E-state index < -0.39 is 0 Å². The average molecular weight is 266 g/mol. The molecule has 0 radical (unpaired) electrons. The Labute approximate surface area is 106 Å². The number of ether oxygens (including phenoxy) is 1. The molecule has 5 nitrogen and oxygen atoms in total. The van der Waals surface area contributed by atoms with Gasteiger partial charge in [0.15, 0.2) is 10.8 Å². The van der Waals surface area contributed by atoms with Crippen LogP contribution < -0.4 is 0 Å². The summed E-state index contributed by atoms with van der Waals surface area (Å²) < 4.78 is 6.84. The summed E-state index contributed by atoms with van der Waals surface area (Å²) in [5.41, 5.74) is 0. The molecule has 0 aromatic carbocycles. The Bertz CT molecular complexity index is 613. The van der Waals surface area contributed by atoms with Crippen molar-refractivity contribution in [3.05, 3.63) is 23.3 Å². The molecule has 3 aromatic rings. The van der Waals surface area contributed by atoms with E-state index in [1.54, 1.807) is 34.3 Å². The van der Waals surface area contributed by atoms with Crippen molar-refractivity contribution in [3.63, 3.8) is 0 Å². The Morgan fingerprint density at radius 1 is 1.41 bits per heavy atom. The van der Waals surface area contributed by atoms with E-state index >= 15 is 0 Å². The maximum Gasteiger partial charge on any atom is 0.235 e. The van der Waals surface area contributed by atoms with Crippen LogP contribution in [0.1, 0.15) is 5.82 Å². The van der Waals surface area contributed by atoms with E-state index in [4.69, 9.17) is 4.74 Å². The molecular formula is C10H10N4OS2. The molecule has 0 aliphatic rings. The maximum absolute atomic E-state index is 5.04. The van der Waals surface area contributed by atoms with E-state index in [1.807, 2.05) is 11.4 Å². The summed E-state index contributed by atoms with van der Waals surface area (Å²) in [5, 5.41) is 15.8. The predicted molar refractivity (Wildman–Crippen MR) is 67.6 cm³/mol. The molecule has 0 unspecified atom stereocenters. The summed E-state index contributed by atoms with van der Waals surface area (Å²) in [5.74, 6) is 0.848. The van der Waals surface area contributed by atoms with Crippen molar-refractivity contribution in [2.24, 2.45) is 0 Å². The number of nitrogens with zero attached hydrogens (tertiary/aromatic N) is 4. The van der Waals surface area contributed by atoms with Crippen LogP contribution in [0.2, 0.25) is 0 Å². The summed E-state index contributed by atoms with van der Waals surface area (Å²) in [4.78, 5) is 2.00. The van der Waals surface area contributed by atoms with Gasteiger partial charge < -0.3 is 4.74 Å². The lowest BCUT2D eigenvalue weighted by molar-refractivity contribution is 0.200. The Morgan fingerprint density at radius 2 is 2.35 bits per heavy atom. The van der Waals surface area contributed by atoms with Gasteiger partial charge in [-0.2, -0.15) is 9.61 Å². The van der Waals surface area contributed by atoms with Gasteiger partial charge in [-0.15, -0.1) is 21.5 Å². The van der Waals surface area contributed by atoms with Gasteiger partial charge in [-0.05, 0) is 11.4 Å². The van der Waals surface area contributed by atoms with Crippen LogP contribution in [0.5, 0.6) is 0 Å². The smallest absolute Gasteiger partial charge is 0.235 e. The molecular weight excluding hydrogens is 256 g/mol. The number of hydrogen-bond donors (Lipinski definition) is 0. The largest absolute Gasteiger partial charge is 0.384 e. The molecule has 0 aliphatic carbocycles. The lowest BCUT2D eigenvalue weighted by Crippen LogP contribution is -2.01. The van der Waals surface area contributed by atoms with Gasteiger partial charge in [0.05, 0.1) is 11.5 Å². The minimum Gasteiger partial charge on any atom is -0.384 e. The second-order valence-electron chi connectivity index (χ2n) is 3.44. The second-order valence-corrected chi connectivity index (χ2v) is 5.34. The van der Waals surface area contributed by atoms with Crippen LogP contribution in [0.25, 0.3) is 14.8 Å². The maximum atomic E-state index is 5.04. The van der Waals surface area contributed by atoms with Gasteiger partial charge in [0.1, 0.15) is 0 Å². The molecule has 88 valence electrons. The first-order chi connectivity index (χ1) is 8.38. The van der Waals surface area contributed by atoms with Gasteiger partial charge in [-0.1, -0.05) is 17.4 Å². The monoisotopic (exact) mass is 266 g/mol. The van der Waals surface area contributed by atoms with Crippen molar-refractivity contribution >= 4 is 27.6 Å². The first-order valence-electron chi connectivity index (χ1n) is 5.12. The van der Waals surface area contributed by atoms with Crippen LogP contribution in [-0.2, 0) is 11.2 Å². The predicted octanol–water partition coefficient (Wildman–Crippen LogP) is 2.10. The fraction of sp³-hybridized carbons (Fsp3) is 0.300. The lowest BCUT2D eigenvalue weighted by Gasteiger charge is -1.94. The summed E-state index contributed by atoms with van der Waals surface area (Å²) >= 11 is 3.24. The van der Waals surface area contributed by atoms with Crippen LogP contribution in [0, 0.1) is 0 Å². The third-order valence-electron chi connectivity index (χ3n) is 2.32. The zero-order valence-corrected chi connectivity index (χ0v) is 10.8. The highest BCUT2D eigenvalue weighted by atomic mass is 32.1. The van der Waals surface area contributed by atoms with E-state index in [9.17, 15) is 0 Å². The molecule has 0 N–H and O–H groups in total. The van der Waals surface area contributed by atoms with Crippen LogP contribution >= 0.6 is 22.7 Å². The molecule has 0 spiro atoms. The number of hydrogen-bond acceptors (Lipinski definition) is 6. The molecule has 7 heteroatoms. The van der Waals surface area contributed by atoms with Crippen molar-refractivity contribution in [2.45, 2.75) is 6.42 Å². The van der Waals surface area contributed by atoms with Gasteiger partial charge >= 0.3 is 0 Å². The summed E-state index contributed by atoms with van der Waals surface area (Å²) in [7, 11) is 1.68. The zero-order chi connectivity index (χ0) is 11.7. The summed E-state index contributed by atoms with van der Waals surface area (Å²) in [6.45, 7) is 0.632. The van der Waals surface area contributed by atoms with E-state index in [-0.39, 0.29) is 0 Å². The average Bonchev–Trinajstić information content (AvgIpc) is 3.02. The molecule has 0 amide bonds. The standard InChI is InChI=1S/C10H10N4OS2/c1-15-5-4-8-11-12-10-14(8)13-9(17-10)7-3-2-6-16-7/h2-3,6H,4-5H2,1H3. The van der Waals surface area contributed by atoms with Crippen molar-refractivity contribution < 1.29 is 4.74 Å². The normalized spacial score (nSPS) is 11.4. The summed E-state index contributed by atoms with van der Waals surface area (Å²) in [6.07, 6.45) is 0.727. The molecule has 0 fully saturated rings. The van der Waals surface area contributed by atoms with Crippen LogP contribution in [0.15, 0.2) is 17.5 Å². The molecule has 3 rings (SSSR count). The third-order valence-corrected chi connectivity index (χ3v) is 4.26. The Hall–Kier alpha value is -1.31. The second kappa shape index (κ2) is 4.52. The van der Waals surface area contributed by atoms with E-state index in [1.165, 1.54) is 0 Å². The number of fused-ring (bicyclic) bond motifs is 1. The van der Waals surface area contributed by atoms with Gasteiger partial charge in [-0.3, -0.25) is 0 Å². The van der Waals surface area contributed by atoms with E-state index in [2.05, 4.69) is 21.4 Å².